The Hall–Kier alpha value is -1.60. The average molecular weight is 255 g/mol. The number of hydrogen-bond donors (Lipinski definition) is 3. The van der Waals surface area contributed by atoms with E-state index in [1.807, 2.05) is 0 Å². The number of ether oxygens (including phenoxy) is 1. The third-order valence-electron chi connectivity index (χ3n) is 1.94. The van der Waals surface area contributed by atoms with E-state index in [9.17, 15) is 9.18 Å². The molecule has 1 aromatic rings. The third kappa shape index (κ3) is 4.01. The van der Waals surface area contributed by atoms with Gasteiger partial charge < -0.3 is 14.8 Å². The van der Waals surface area contributed by atoms with E-state index in [1.54, 1.807) is 20.8 Å². The SMILES string of the molecule is CC(C)(C)OC(=O)Nc1cccc(B(O)O)c1F. The molecule has 98 valence electrons. The smallest absolute Gasteiger partial charge is 0.444 e. The summed E-state index contributed by atoms with van der Waals surface area (Å²) in [5, 5.41) is 20.0. The van der Waals surface area contributed by atoms with Gasteiger partial charge in [0.2, 0.25) is 0 Å². The zero-order chi connectivity index (χ0) is 13.9. The highest BCUT2D eigenvalue weighted by Gasteiger charge is 2.21. The Kier molecular flexibility index (Phi) is 4.31. The highest BCUT2D eigenvalue weighted by atomic mass is 19.1. The van der Waals surface area contributed by atoms with Crippen molar-refractivity contribution >= 4 is 24.4 Å². The van der Waals surface area contributed by atoms with Gasteiger partial charge in [-0.2, -0.15) is 0 Å². The Morgan fingerprint density at radius 1 is 1.39 bits per heavy atom. The van der Waals surface area contributed by atoms with Crippen molar-refractivity contribution < 1.29 is 24.0 Å². The first-order chi connectivity index (χ1) is 8.20. The second-order valence-corrected chi connectivity index (χ2v) is 4.71. The fourth-order valence-electron chi connectivity index (χ4n) is 1.26. The zero-order valence-corrected chi connectivity index (χ0v) is 10.4. The number of hydrogen-bond acceptors (Lipinski definition) is 4. The summed E-state index contributed by atoms with van der Waals surface area (Å²) < 4.78 is 18.7. The summed E-state index contributed by atoms with van der Waals surface area (Å²) in [6.45, 7) is 5.03. The van der Waals surface area contributed by atoms with Crippen molar-refractivity contribution in [3.05, 3.63) is 24.0 Å². The number of halogens is 1. The number of rotatable bonds is 2. The molecule has 0 atom stereocenters. The van der Waals surface area contributed by atoms with Gasteiger partial charge in [-0.05, 0) is 26.8 Å². The second kappa shape index (κ2) is 5.37. The van der Waals surface area contributed by atoms with Crippen LogP contribution in [0.1, 0.15) is 20.8 Å². The minimum absolute atomic E-state index is 0.171. The van der Waals surface area contributed by atoms with E-state index in [0.717, 1.165) is 0 Å². The van der Waals surface area contributed by atoms with Crippen LogP contribution in [0.2, 0.25) is 0 Å². The van der Waals surface area contributed by atoms with Gasteiger partial charge in [-0.1, -0.05) is 12.1 Å². The van der Waals surface area contributed by atoms with E-state index in [4.69, 9.17) is 14.8 Å². The minimum atomic E-state index is -1.94. The van der Waals surface area contributed by atoms with Gasteiger partial charge >= 0.3 is 13.2 Å². The van der Waals surface area contributed by atoms with Crippen LogP contribution >= 0.6 is 0 Å². The molecule has 5 nitrogen and oxygen atoms in total. The minimum Gasteiger partial charge on any atom is -0.444 e. The molecule has 0 heterocycles. The molecule has 3 N–H and O–H groups in total. The molecule has 0 radical (unpaired) electrons. The van der Waals surface area contributed by atoms with Gasteiger partial charge in [0, 0.05) is 5.46 Å². The number of nitrogens with one attached hydrogen (secondary N) is 1. The van der Waals surface area contributed by atoms with Crippen LogP contribution in [0.5, 0.6) is 0 Å². The number of benzene rings is 1. The summed E-state index contributed by atoms with van der Waals surface area (Å²) in [5.74, 6) is -0.904. The summed E-state index contributed by atoms with van der Waals surface area (Å²) in [7, 11) is -1.94. The molecule has 0 aliphatic carbocycles. The fraction of sp³-hybridized carbons (Fsp3) is 0.364. The van der Waals surface area contributed by atoms with Crippen molar-refractivity contribution in [3.8, 4) is 0 Å². The van der Waals surface area contributed by atoms with Gasteiger partial charge in [0.15, 0.2) is 0 Å². The predicted octanol–water partition coefficient (Wildman–Crippen LogP) is 0.852. The maximum absolute atomic E-state index is 13.7. The summed E-state index contributed by atoms with van der Waals surface area (Å²) in [6, 6.07) is 3.90. The van der Waals surface area contributed by atoms with Gasteiger partial charge in [0.05, 0.1) is 5.69 Å². The molecular formula is C11H15BFNO4. The van der Waals surface area contributed by atoms with Crippen LogP contribution in [0.25, 0.3) is 0 Å². The molecule has 1 aromatic carbocycles. The molecular weight excluding hydrogens is 240 g/mol. The lowest BCUT2D eigenvalue weighted by atomic mass is 9.79. The van der Waals surface area contributed by atoms with E-state index < -0.39 is 24.6 Å². The monoisotopic (exact) mass is 255 g/mol. The lowest BCUT2D eigenvalue weighted by Gasteiger charge is -2.20. The Morgan fingerprint density at radius 2 is 2.00 bits per heavy atom. The van der Waals surface area contributed by atoms with Crippen molar-refractivity contribution in [1.82, 2.24) is 0 Å². The second-order valence-electron chi connectivity index (χ2n) is 4.71. The average Bonchev–Trinajstić information content (AvgIpc) is 2.17. The number of carbonyl (C=O) groups is 1. The van der Waals surface area contributed by atoms with E-state index in [0.29, 0.717) is 0 Å². The molecule has 0 aliphatic heterocycles. The molecule has 0 aliphatic rings. The normalized spacial score (nSPS) is 11.0. The first-order valence-electron chi connectivity index (χ1n) is 5.35. The van der Waals surface area contributed by atoms with E-state index in [2.05, 4.69) is 5.32 Å². The first kappa shape index (κ1) is 14.5. The van der Waals surface area contributed by atoms with Crippen LogP contribution in [-0.2, 0) is 4.74 Å². The van der Waals surface area contributed by atoms with Crippen LogP contribution in [0.4, 0.5) is 14.9 Å². The molecule has 0 fully saturated rings. The Morgan fingerprint density at radius 3 is 2.50 bits per heavy atom. The first-order valence-corrected chi connectivity index (χ1v) is 5.35. The van der Waals surface area contributed by atoms with Crippen LogP contribution in [-0.4, -0.2) is 28.9 Å². The third-order valence-corrected chi connectivity index (χ3v) is 1.94. The van der Waals surface area contributed by atoms with Gasteiger partial charge in [-0.25, -0.2) is 9.18 Å². The number of carbonyl (C=O) groups excluding carboxylic acids is 1. The van der Waals surface area contributed by atoms with Crippen molar-refractivity contribution in [3.63, 3.8) is 0 Å². The van der Waals surface area contributed by atoms with Crippen molar-refractivity contribution in [2.24, 2.45) is 0 Å². The lowest BCUT2D eigenvalue weighted by Crippen LogP contribution is -2.34. The van der Waals surface area contributed by atoms with Gasteiger partial charge in [-0.3, -0.25) is 5.32 Å². The molecule has 18 heavy (non-hydrogen) atoms. The number of amides is 1. The quantitative estimate of drug-likeness (QED) is 0.684. The van der Waals surface area contributed by atoms with E-state index in [-0.39, 0.29) is 11.2 Å². The summed E-state index contributed by atoms with van der Waals surface area (Å²) in [4.78, 5) is 11.4. The number of anilines is 1. The highest BCUT2D eigenvalue weighted by Crippen LogP contribution is 2.14. The highest BCUT2D eigenvalue weighted by molar-refractivity contribution is 6.58. The fourth-order valence-corrected chi connectivity index (χ4v) is 1.26. The van der Waals surface area contributed by atoms with Crippen LogP contribution in [0, 0.1) is 5.82 Å². The zero-order valence-electron chi connectivity index (χ0n) is 10.4. The molecule has 1 rings (SSSR count). The molecule has 1 amide bonds. The van der Waals surface area contributed by atoms with Crippen LogP contribution < -0.4 is 10.8 Å². The largest absolute Gasteiger partial charge is 0.491 e. The predicted molar refractivity (Wildman–Crippen MR) is 66.1 cm³/mol. The summed E-state index contributed by atoms with van der Waals surface area (Å²) >= 11 is 0. The molecule has 0 spiro atoms. The van der Waals surface area contributed by atoms with Gasteiger partial charge in [-0.15, -0.1) is 0 Å². The van der Waals surface area contributed by atoms with E-state index in [1.165, 1.54) is 18.2 Å². The van der Waals surface area contributed by atoms with E-state index >= 15 is 0 Å². The maximum atomic E-state index is 13.7. The Bertz CT molecular complexity index is 445. The summed E-state index contributed by atoms with van der Waals surface area (Å²) in [5.41, 5.74) is -1.19. The summed E-state index contributed by atoms with van der Waals surface area (Å²) in [6.07, 6.45) is -0.814. The Labute approximate surface area is 105 Å². The van der Waals surface area contributed by atoms with Crippen molar-refractivity contribution in [1.29, 1.82) is 0 Å². The maximum Gasteiger partial charge on any atom is 0.491 e. The van der Waals surface area contributed by atoms with Crippen LogP contribution in [0.3, 0.4) is 0 Å². The molecule has 0 saturated carbocycles. The van der Waals surface area contributed by atoms with Crippen LogP contribution in [0.15, 0.2) is 18.2 Å². The molecule has 7 heteroatoms. The van der Waals surface area contributed by atoms with Gasteiger partial charge in [0.1, 0.15) is 11.4 Å². The molecule has 0 bridgehead atoms. The lowest BCUT2D eigenvalue weighted by molar-refractivity contribution is 0.0635. The van der Waals surface area contributed by atoms with Crippen molar-refractivity contribution in [2.45, 2.75) is 26.4 Å². The molecule has 0 saturated heterocycles. The molecule has 0 unspecified atom stereocenters. The standard InChI is InChI=1S/C11H15BFNO4/c1-11(2,3)18-10(15)14-8-6-4-5-7(9(8)13)12(16)17/h4-6,16-17H,1-3H3,(H,14,15). The topological polar surface area (TPSA) is 78.8 Å². The Balaban J connectivity index is 2.86. The van der Waals surface area contributed by atoms with Gasteiger partial charge in [0.25, 0.3) is 0 Å². The molecule has 0 aromatic heterocycles. The van der Waals surface area contributed by atoms with Crippen molar-refractivity contribution in [2.75, 3.05) is 5.32 Å².